The van der Waals surface area contributed by atoms with Crippen molar-refractivity contribution in [3.8, 4) is 5.75 Å². The number of amides is 2. The van der Waals surface area contributed by atoms with Gasteiger partial charge in [-0.2, -0.15) is 0 Å². The third-order valence-corrected chi connectivity index (χ3v) is 8.64. The zero-order chi connectivity index (χ0) is 31.7. The minimum Gasteiger partial charge on any atom is -0.495 e. The number of alkyl carbamates (subject to hydrolysis) is 1. The second-order valence-electron chi connectivity index (χ2n) is 12.0. The Morgan fingerprint density at radius 2 is 1.95 bits per heavy atom. The summed E-state index contributed by atoms with van der Waals surface area (Å²) in [6.07, 6.45) is 1.59. The summed E-state index contributed by atoms with van der Waals surface area (Å²) in [7, 11) is 2.94. The molecular formula is C31H41ClN2O9. The van der Waals surface area contributed by atoms with Gasteiger partial charge in [-0.05, 0) is 38.0 Å². The number of carbonyl (C=O) groups is 3. The molecule has 11 nitrogen and oxygen atoms in total. The molecule has 0 radical (unpaired) electrons. The fraction of sp³-hybridized carbons (Fsp3) is 0.581. The Morgan fingerprint density at radius 1 is 1.23 bits per heavy atom. The fourth-order valence-electron chi connectivity index (χ4n) is 5.68. The van der Waals surface area contributed by atoms with Crippen LogP contribution in [0.4, 0.5) is 10.5 Å². The molecule has 3 aliphatic heterocycles. The maximum Gasteiger partial charge on any atom is 0.409 e. The van der Waals surface area contributed by atoms with Crippen LogP contribution in [0.1, 0.15) is 53.0 Å². The van der Waals surface area contributed by atoms with E-state index in [1.807, 2.05) is 19.9 Å². The molecule has 0 aliphatic carbocycles. The number of anilines is 1. The Hall–Kier alpha value is -3.12. The first-order valence-electron chi connectivity index (χ1n) is 14.3. The molecule has 2 fully saturated rings. The minimum absolute atomic E-state index is 0.00243. The minimum atomic E-state index is -1.77. The molecule has 3 N–H and O–H groups in total. The molecule has 4 rings (SSSR count). The summed E-state index contributed by atoms with van der Waals surface area (Å²) in [6.45, 7) is 8.91. The van der Waals surface area contributed by atoms with Crippen molar-refractivity contribution < 1.29 is 43.2 Å². The molecule has 7 unspecified atom stereocenters. The fourth-order valence-corrected chi connectivity index (χ4v) is 5.92. The van der Waals surface area contributed by atoms with Crippen molar-refractivity contribution in [1.29, 1.82) is 0 Å². The van der Waals surface area contributed by atoms with Crippen LogP contribution >= 0.6 is 11.6 Å². The van der Waals surface area contributed by atoms with Gasteiger partial charge in [-0.15, -0.1) is 0 Å². The van der Waals surface area contributed by atoms with Crippen LogP contribution in [0.5, 0.6) is 5.75 Å². The summed E-state index contributed by atoms with van der Waals surface area (Å²) in [4.78, 5) is 38.8. The van der Waals surface area contributed by atoms with Gasteiger partial charge in [0.25, 0.3) is 0 Å². The van der Waals surface area contributed by atoms with Crippen LogP contribution in [-0.4, -0.2) is 73.0 Å². The molecule has 7 atom stereocenters. The van der Waals surface area contributed by atoms with E-state index in [0.29, 0.717) is 17.9 Å². The molecule has 1 aromatic carbocycles. The van der Waals surface area contributed by atoms with Gasteiger partial charge in [-0.1, -0.05) is 56.2 Å². The van der Waals surface area contributed by atoms with Gasteiger partial charge in [0.1, 0.15) is 34.7 Å². The molecule has 3 aliphatic rings. The summed E-state index contributed by atoms with van der Waals surface area (Å²) < 4.78 is 28.6. The number of rotatable bonds is 4. The summed E-state index contributed by atoms with van der Waals surface area (Å²) in [6, 6.07) is 3.56. The number of aliphatic hydroxyl groups is 1. The number of hydrogen-bond acceptors (Lipinski definition) is 9. The first-order chi connectivity index (χ1) is 20.2. The number of benzene rings is 1. The van der Waals surface area contributed by atoms with E-state index in [-0.39, 0.29) is 17.9 Å². The number of carbonyl (C=O) groups excluding carboxylic acids is 3. The highest BCUT2D eigenvalue weighted by Crippen LogP contribution is 2.49. The van der Waals surface area contributed by atoms with Crippen LogP contribution in [0.3, 0.4) is 0 Å². The highest BCUT2D eigenvalue weighted by atomic mass is 35.5. The average molecular weight is 621 g/mol. The highest BCUT2D eigenvalue weighted by Gasteiger charge is 2.64. The standard InChI is InChI=1S/C31H41ClN2O9/c1-16(2)28(36)42-24-14-25(35)33-20-12-19(13-21(39-6)26(20)32)11-17(3)9-8-10-23(40-7)31(38)15-22(41-29(37)34-31)18(4)27-30(24,5)43-27/h8-10,12-13,16,18,22-24,27,38H,11,14-15H2,1-7H3,(H,33,35)(H,34,37)/b10-8-,17-9-. The molecule has 2 amide bonds. The van der Waals surface area contributed by atoms with Crippen molar-refractivity contribution >= 4 is 35.3 Å². The van der Waals surface area contributed by atoms with Gasteiger partial charge in [0.15, 0.2) is 5.72 Å². The number of hydrogen-bond donors (Lipinski definition) is 3. The molecule has 43 heavy (non-hydrogen) atoms. The summed E-state index contributed by atoms with van der Waals surface area (Å²) in [5.74, 6) is -1.41. The Kier molecular flexibility index (Phi) is 9.80. The van der Waals surface area contributed by atoms with Gasteiger partial charge in [-0.3, -0.25) is 14.9 Å². The number of nitrogens with one attached hydrogen (secondary N) is 2. The van der Waals surface area contributed by atoms with Gasteiger partial charge in [-0.25, -0.2) is 4.79 Å². The molecule has 236 valence electrons. The average Bonchev–Trinajstić information content (AvgIpc) is 3.63. The van der Waals surface area contributed by atoms with Crippen LogP contribution in [0.25, 0.3) is 0 Å². The number of methoxy groups -OCH3 is 2. The Balaban J connectivity index is 1.76. The lowest BCUT2D eigenvalue weighted by molar-refractivity contribution is -0.157. The smallest absolute Gasteiger partial charge is 0.409 e. The summed E-state index contributed by atoms with van der Waals surface area (Å²) >= 11 is 6.57. The predicted molar refractivity (Wildman–Crippen MR) is 159 cm³/mol. The van der Waals surface area contributed by atoms with Crippen molar-refractivity contribution in [2.24, 2.45) is 11.8 Å². The summed E-state index contributed by atoms with van der Waals surface area (Å²) in [5.41, 5.74) is -0.698. The topological polar surface area (TPSA) is 145 Å². The third-order valence-electron chi connectivity index (χ3n) is 8.25. The van der Waals surface area contributed by atoms with Crippen molar-refractivity contribution in [2.45, 2.75) is 89.6 Å². The number of ether oxygens (including phenoxy) is 5. The van der Waals surface area contributed by atoms with Crippen molar-refractivity contribution in [1.82, 2.24) is 5.32 Å². The predicted octanol–water partition coefficient (Wildman–Crippen LogP) is 4.30. The van der Waals surface area contributed by atoms with E-state index >= 15 is 0 Å². The van der Waals surface area contributed by atoms with Crippen LogP contribution in [-0.2, 0) is 35.0 Å². The number of epoxide rings is 1. The van der Waals surface area contributed by atoms with E-state index in [1.54, 1.807) is 45.1 Å². The van der Waals surface area contributed by atoms with E-state index in [4.69, 9.17) is 35.3 Å². The van der Waals surface area contributed by atoms with Crippen LogP contribution in [0.2, 0.25) is 5.02 Å². The highest BCUT2D eigenvalue weighted by molar-refractivity contribution is 6.35. The van der Waals surface area contributed by atoms with Crippen LogP contribution in [0, 0.1) is 11.8 Å². The number of fused-ring (bicyclic) bond motifs is 5. The molecule has 0 saturated carbocycles. The molecule has 2 saturated heterocycles. The van der Waals surface area contributed by atoms with E-state index in [0.717, 1.165) is 11.1 Å². The SMILES string of the molecule is COc1cc2cc(c1Cl)NC(=O)CC(OC(=O)C(C)C)C1(C)OC1C(C)C1CC(O)(NC(=O)O1)C(OC)/C=C\C=C(\C)C2. The van der Waals surface area contributed by atoms with Crippen molar-refractivity contribution in [3.05, 3.63) is 46.5 Å². The largest absolute Gasteiger partial charge is 0.495 e. The van der Waals surface area contributed by atoms with E-state index in [2.05, 4.69) is 10.6 Å². The third kappa shape index (κ3) is 7.17. The number of esters is 1. The normalized spacial score (nSPS) is 34.9. The zero-order valence-electron chi connectivity index (χ0n) is 25.6. The molecule has 4 bridgehead atoms. The lowest BCUT2D eigenvalue weighted by Crippen LogP contribution is -2.63. The second-order valence-corrected chi connectivity index (χ2v) is 12.4. The van der Waals surface area contributed by atoms with Gasteiger partial charge in [0, 0.05) is 19.4 Å². The maximum atomic E-state index is 13.4. The van der Waals surface area contributed by atoms with Crippen molar-refractivity contribution in [2.75, 3.05) is 19.5 Å². The lowest BCUT2D eigenvalue weighted by Gasteiger charge is -2.42. The van der Waals surface area contributed by atoms with Gasteiger partial charge < -0.3 is 34.1 Å². The molecule has 0 spiro atoms. The molecule has 3 heterocycles. The first kappa shape index (κ1) is 32.8. The summed E-state index contributed by atoms with van der Waals surface area (Å²) in [5, 5.41) is 17.2. The molecular weight excluding hydrogens is 580 g/mol. The Bertz CT molecular complexity index is 1310. The van der Waals surface area contributed by atoms with Crippen molar-refractivity contribution in [3.63, 3.8) is 0 Å². The Labute approximate surface area is 256 Å². The molecule has 12 heteroatoms. The van der Waals surface area contributed by atoms with Gasteiger partial charge >= 0.3 is 12.1 Å². The second kappa shape index (κ2) is 12.9. The van der Waals surface area contributed by atoms with Gasteiger partial charge in [0.05, 0.1) is 31.2 Å². The Morgan fingerprint density at radius 3 is 2.60 bits per heavy atom. The monoisotopic (exact) mass is 620 g/mol. The van der Waals surface area contributed by atoms with E-state index in [9.17, 15) is 19.5 Å². The maximum absolute atomic E-state index is 13.4. The zero-order valence-corrected chi connectivity index (χ0v) is 26.3. The van der Waals surface area contributed by atoms with Crippen LogP contribution in [0.15, 0.2) is 35.9 Å². The van der Waals surface area contributed by atoms with E-state index < -0.39 is 65.5 Å². The van der Waals surface area contributed by atoms with E-state index in [1.165, 1.54) is 14.2 Å². The van der Waals surface area contributed by atoms with Gasteiger partial charge in [0.2, 0.25) is 5.91 Å². The lowest BCUT2D eigenvalue weighted by atomic mass is 9.83. The molecule has 0 aromatic heterocycles. The number of allylic oxidation sites excluding steroid dienone is 3. The van der Waals surface area contributed by atoms with Crippen LogP contribution < -0.4 is 15.4 Å². The first-order valence-corrected chi connectivity index (χ1v) is 14.7. The molecule has 1 aromatic rings. The quantitative estimate of drug-likeness (QED) is 0.331. The number of halogens is 1.